The molecule has 10 nitrogen and oxygen atoms in total. The number of fused-ring (bicyclic) bond motifs is 2. The van der Waals surface area contributed by atoms with Crippen LogP contribution in [0.1, 0.15) is 18.2 Å². The largest absolute Gasteiger partial charge is 0.484 e. The maximum absolute atomic E-state index is 14.9. The van der Waals surface area contributed by atoms with Gasteiger partial charge in [-0.1, -0.05) is 0 Å². The van der Waals surface area contributed by atoms with Crippen molar-refractivity contribution in [2.24, 2.45) is 0 Å². The molecular formula is C26H23FN6O4S. The lowest BCUT2D eigenvalue weighted by Gasteiger charge is -2.15. The molecule has 5 aromatic rings. The number of aryl methyl sites for hydroxylation is 2. The maximum Gasteiger partial charge on any atom is 0.412 e. The molecule has 3 heterocycles. The number of carbonyl (C=O) groups is 1. The molecule has 5 rings (SSSR count). The summed E-state index contributed by atoms with van der Waals surface area (Å²) in [6.45, 7) is 5.32. The minimum Gasteiger partial charge on any atom is -0.484 e. The van der Waals surface area contributed by atoms with Crippen molar-refractivity contribution in [2.45, 2.75) is 26.9 Å². The van der Waals surface area contributed by atoms with Crippen molar-refractivity contribution in [2.75, 3.05) is 19.0 Å². The number of rotatable bonds is 7. The molecule has 12 heteroatoms. The van der Waals surface area contributed by atoms with Gasteiger partial charge in [-0.2, -0.15) is 0 Å². The van der Waals surface area contributed by atoms with Crippen LogP contribution in [0.25, 0.3) is 31.8 Å². The number of aromatic nitrogens is 5. The maximum atomic E-state index is 14.9. The minimum atomic E-state index is -0.715. The van der Waals surface area contributed by atoms with Gasteiger partial charge >= 0.3 is 6.09 Å². The summed E-state index contributed by atoms with van der Waals surface area (Å²) in [5, 5.41) is 3.16. The minimum absolute atomic E-state index is 0.0345. The van der Waals surface area contributed by atoms with Crippen LogP contribution in [0.4, 0.5) is 15.0 Å². The third kappa shape index (κ3) is 5.44. The molecule has 0 radical (unpaired) electrons. The first-order chi connectivity index (χ1) is 18.3. The zero-order chi connectivity index (χ0) is 26.8. The molecule has 194 valence electrons. The molecule has 2 aromatic carbocycles. The van der Waals surface area contributed by atoms with Crippen LogP contribution in [0.5, 0.6) is 11.6 Å². The Morgan fingerprint density at radius 2 is 1.89 bits per heavy atom. The van der Waals surface area contributed by atoms with E-state index in [1.807, 2.05) is 19.1 Å². The lowest BCUT2D eigenvalue weighted by molar-refractivity contribution is 0.0969. The van der Waals surface area contributed by atoms with E-state index in [1.165, 1.54) is 36.9 Å². The third-order valence-corrected chi connectivity index (χ3v) is 6.49. The van der Waals surface area contributed by atoms with Crippen molar-refractivity contribution >= 4 is 44.5 Å². The zero-order valence-electron chi connectivity index (χ0n) is 21.0. The summed E-state index contributed by atoms with van der Waals surface area (Å²) in [6.07, 6.45) is 3.17. The third-order valence-electron chi connectivity index (χ3n) is 5.44. The van der Waals surface area contributed by atoms with Crippen molar-refractivity contribution in [3.63, 3.8) is 0 Å². The topological polar surface area (TPSA) is 121 Å². The lowest BCUT2D eigenvalue weighted by Crippen LogP contribution is -2.24. The number of nitrogens with one attached hydrogen (secondary N) is 1. The Bertz CT molecular complexity index is 1640. The van der Waals surface area contributed by atoms with E-state index in [0.717, 1.165) is 21.5 Å². The van der Waals surface area contributed by atoms with Crippen LogP contribution in [0.3, 0.4) is 0 Å². The summed E-state index contributed by atoms with van der Waals surface area (Å²) in [7, 11) is 1.54. The quantitative estimate of drug-likeness (QED) is 0.289. The van der Waals surface area contributed by atoms with E-state index < -0.39 is 18.0 Å². The smallest absolute Gasteiger partial charge is 0.412 e. The van der Waals surface area contributed by atoms with Gasteiger partial charge in [0.25, 0.3) is 0 Å². The second kappa shape index (κ2) is 10.5. The fraction of sp³-hybridized carbons (Fsp3) is 0.231. The second-order valence-electron chi connectivity index (χ2n) is 8.56. The number of anilines is 1. The van der Waals surface area contributed by atoms with Crippen LogP contribution in [-0.4, -0.2) is 50.8 Å². The van der Waals surface area contributed by atoms with Gasteiger partial charge in [0.1, 0.15) is 17.7 Å². The van der Waals surface area contributed by atoms with Gasteiger partial charge in [-0.15, -0.1) is 11.3 Å². The summed E-state index contributed by atoms with van der Waals surface area (Å²) in [4.78, 5) is 33.7. The number of methoxy groups -OCH3 is 1. The van der Waals surface area contributed by atoms with E-state index in [2.05, 4.69) is 30.2 Å². The molecular weight excluding hydrogens is 511 g/mol. The Hall–Kier alpha value is -4.45. The van der Waals surface area contributed by atoms with Crippen LogP contribution >= 0.6 is 11.3 Å². The molecule has 0 aliphatic carbocycles. The second-order valence-corrected chi connectivity index (χ2v) is 9.59. The highest BCUT2D eigenvalue weighted by Crippen LogP contribution is 2.37. The van der Waals surface area contributed by atoms with Crippen LogP contribution in [0.2, 0.25) is 0 Å². The monoisotopic (exact) mass is 534 g/mol. The molecule has 1 amide bonds. The molecule has 0 saturated carbocycles. The summed E-state index contributed by atoms with van der Waals surface area (Å²) >= 11 is 1.39. The fourth-order valence-electron chi connectivity index (χ4n) is 3.69. The molecule has 0 saturated heterocycles. The number of benzene rings is 2. The summed E-state index contributed by atoms with van der Waals surface area (Å²) in [6, 6.07) is 6.82. The summed E-state index contributed by atoms with van der Waals surface area (Å²) < 4.78 is 31.7. The molecule has 0 aliphatic heterocycles. The number of ether oxygens (including phenoxy) is 3. The predicted octanol–water partition coefficient (Wildman–Crippen LogP) is 5.48. The lowest BCUT2D eigenvalue weighted by atomic mass is 10.1. The average Bonchev–Trinajstić information content (AvgIpc) is 3.30. The number of carbonyl (C=O) groups excluding carboxylic acids is 1. The first-order valence-electron chi connectivity index (χ1n) is 11.6. The Morgan fingerprint density at radius 1 is 1.05 bits per heavy atom. The molecule has 0 fully saturated rings. The van der Waals surface area contributed by atoms with Gasteiger partial charge in [-0.05, 0) is 38.5 Å². The highest BCUT2D eigenvalue weighted by atomic mass is 32.1. The molecule has 0 bridgehead atoms. The molecule has 1 atom stereocenters. The first kappa shape index (κ1) is 25.2. The van der Waals surface area contributed by atoms with Gasteiger partial charge in [0.2, 0.25) is 5.88 Å². The predicted molar refractivity (Wildman–Crippen MR) is 141 cm³/mol. The van der Waals surface area contributed by atoms with Gasteiger partial charge in [0, 0.05) is 17.7 Å². The van der Waals surface area contributed by atoms with Crippen LogP contribution in [-0.2, 0) is 4.74 Å². The van der Waals surface area contributed by atoms with E-state index in [1.54, 1.807) is 26.1 Å². The SMILES string of the molecule is COc1cnc2c(-c3nc4cc(F)c(OC(C)COC(=O)Nc5cnc(C)cn5)cc4s3)cc(C)cc2n1. The van der Waals surface area contributed by atoms with Gasteiger partial charge in [-0.25, -0.2) is 29.1 Å². The van der Waals surface area contributed by atoms with Crippen molar-refractivity contribution in [3.8, 4) is 22.2 Å². The molecule has 3 aromatic heterocycles. The highest BCUT2D eigenvalue weighted by molar-refractivity contribution is 7.21. The first-order valence-corrected chi connectivity index (χ1v) is 12.4. The number of hydrogen-bond acceptors (Lipinski definition) is 10. The van der Waals surface area contributed by atoms with E-state index in [-0.39, 0.29) is 18.2 Å². The van der Waals surface area contributed by atoms with Gasteiger partial charge in [0.05, 0.1) is 52.6 Å². The standard InChI is InChI=1S/C26H23FN6O4S/c1-13-5-16(24-19(6-13)31-23(35-4)11-30-24)25-32-18-7-17(27)20(8-21(18)38-25)37-15(3)12-36-26(34)33-22-10-28-14(2)9-29-22/h5-11,15H,12H2,1-4H3,(H,29,33,34). The molecule has 38 heavy (non-hydrogen) atoms. The van der Waals surface area contributed by atoms with E-state index in [9.17, 15) is 9.18 Å². The Balaban J connectivity index is 1.32. The van der Waals surface area contributed by atoms with Crippen LogP contribution in [0.15, 0.2) is 42.9 Å². The van der Waals surface area contributed by atoms with Crippen LogP contribution in [0, 0.1) is 19.7 Å². The fourth-order valence-corrected chi connectivity index (χ4v) is 4.68. The van der Waals surface area contributed by atoms with Crippen molar-refractivity contribution < 1.29 is 23.4 Å². The number of halogens is 1. The number of nitrogens with zero attached hydrogens (tertiary/aromatic N) is 5. The van der Waals surface area contributed by atoms with Crippen molar-refractivity contribution in [1.82, 2.24) is 24.9 Å². The van der Waals surface area contributed by atoms with E-state index in [0.29, 0.717) is 27.4 Å². The van der Waals surface area contributed by atoms with Gasteiger partial charge in [0.15, 0.2) is 17.4 Å². The van der Waals surface area contributed by atoms with Crippen molar-refractivity contribution in [3.05, 3.63) is 59.9 Å². The van der Waals surface area contributed by atoms with Crippen LogP contribution < -0.4 is 14.8 Å². The Morgan fingerprint density at radius 3 is 2.66 bits per heavy atom. The Kier molecular flexibility index (Phi) is 6.97. The molecule has 1 unspecified atom stereocenters. The zero-order valence-corrected chi connectivity index (χ0v) is 21.8. The number of thiazole rings is 1. The molecule has 0 spiro atoms. The van der Waals surface area contributed by atoms with Gasteiger partial charge < -0.3 is 14.2 Å². The molecule has 0 aliphatic rings. The summed E-state index contributed by atoms with van der Waals surface area (Å²) in [5.41, 5.74) is 4.35. The number of amides is 1. The average molecular weight is 535 g/mol. The molecule has 1 N–H and O–H groups in total. The highest BCUT2D eigenvalue weighted by Gasteiger charge is 2.17. The van der Waals surface area contributed by atoms with Crippen molar-refractivity contribution in [1.29, 1.82) is 0 Å². The summed E-state index contributed by atoms with van der Waals surface area (Å²) in [5.74, 6) is 0.145. The number of hydrogen-bond donors (Lipinski definition) is 1. The normalized spacial score (nSPS) is 11.9. The van der Waals surface area contributed by atoms with E-state index in [4.69, 9.17) is 14.2 Å². The van der Waals surface area contributed by atoms with Gasteiger partial charge in [-0.3, -0.25) is 10.3 Å². The Labute approximate surface area is 220 Å². The van der Waals surface area contributed by atoms with E-state index >= 15 is 0 Å².